The molecule has 4 aromatic heterocycles. The first kappa shape index (κ1) is 60.7. The number of rotatable bonds is 12. The number of hydrogen-bond acceptors (Lipinski definition) is 0. The number of pyridine rings is 4. The molecule has 0 bridgehead atoms. The minimum atomic E-state index is 0.698. The summed E-state index contributed by atoms with van der Waals surface area (Å²) < 4.78 is 9.12. The number of benzene rings is 4. The number of hydrogen-bond donors (Lipinski definition) is 0. The molecule has 7 aliphatic rings. The SMILES string of the molecule is CC1=C(c2ccc(-c3ccc(C4CCCCC4)cc3)c[n+]2C)C1.CC1=C(c2ccc(-c3cccc(C4CCCCC4)c3)c[n+]2C)C1.CC1=C(c2ccc(-c3cccc(CC(C)C)c3)c[n+]2C)C1.CC1=C(c2ccc(-c3cccc4c3CCCC4)c[n+]2C)C1. The minimum absolute atomic E-state index is 0.698. The van der Waals surface area contributed by atoms with Crippen LogP contribution in [0.4, 0.5) is 0 Å². The van der Waals surface area contributed by atoms with Crippen LogP contribution in [-0.4, -0.2) is 0 Å². The summed E-state index contributed by atoms with van der Waals surface area (Å²) in [5.74, 6) is 2.26. The Kier molecular flexibility index (Phi) is 18.7. The van der Waals surface area contributed by atoms with Crippen LogP contribution in [0.3, 0.4) is 0 Å². The van der Waals surface area contributed by atoms with Gasteiger partial charge in [0.05, 0.1) is 0 Å². The zero-order chi connectivity index (χ0) is 61.0. The molecule has 4 aromatic carbocycles. The molecule has 4 heterocycles. The van der Waals surface area contributed by atoms with Gasteiger partial charge in [-0.3, -0.25) is 0 Å². The molecule has 0 amide bonds. The van der Waals surface area contributed by atoms with E-state index in [1.54, 1.807) is 11.1 Å². The van der Waals surface area contributed by atoms with Crippen molar-refractivity contribution in [3.63, 3.8) is 0 Å². The molecule has 0 radical (unpaired) electrons. The van der Waals surface area contributed by atoms with Gasteiger partial charge >= 0.3 is 0 Å². The molecule has 0 saturated heterocycles. The predicted molar refractivity (Wildman–Crippen MR) is 368 cm³/mol. The summed E-state index contributed by atoms with van der Waals surface area (Å²) in [7, 11) is 8.65. The Balaban J connectivity index is 0.000000114. The molecular weight excluding hydrogens is 1060 g/mol. The smallest absolute Gasteiger partial charge is 0.201 e. The molecule has 2 saturated carbocycles. The van der Waals surface area contributed by atoms with E-state index in [9.17, 15) is 0 Å². The van der Waals surface area contributed by atoms with Gasteiger partial charge in [-0.05, 0) is 178 Å². The van der Waals surface area contributed by atoms with Crippen LogP contribution < -0.4 is 18.3 Å². The van der Waals surface area contributed by atoms with Gasteiger partial charge in [0, 0.05) is 94.5 Å². The molecule has 2 fully saturated rings. The molecule has 4 nitrogen and oxygen atoms in total. The topological polar surface area (TPSA) is 15.5 Å². The summed E-state index contributed by atoms with van der Waals surface area (Å²) in [6, 6.07) is 52.6. The molecule has 0 N–H and O–H groups in total. The predicted octanol–water partition coefficient (Wildman–Crippen LogP) is 19.6. The highest BCUT2D eigenvalue weighted by atomic mass is 14.9. The van der Waals surface area contributed by atoms with Crippen LogP contribution in [0.5, 0.6) is 0 Å². The molecule has 8 aromatic rings. The lowest BCUT2D eigenvalue weighted by molar-refractivity contribution is -0.673. The molecule has 0 spiro atoms. The highest BCUT2D eigenvalue weighted by molar-refractivity contribution is 5.82. The van der Waals surface area contributed by atoms with Gasteiger partial charge in [0.2, 0.25) is 22.8 Å². The number of allylic oxidation sites excluding steroid dienone is 8. The Morgan fingerprint density at radius 3 is 1.23 bits per heavy atom. The monoisotopic (exact) mass is 1160 g/mol. The molecule has 0 aliphatic heterocycles. The molecule has 0 atom stereocenters. The second-order valence-corrected chi connectivity index (χ2v) is 27.8. The average Bonchev–Trinajstić information content (AvgIpc) is 2.85. The van der Waals surface area contributed by atoms with Crippen molar-refractivity contribution < 1.29 is 18.3 Å². The van der Waals surface area contributed by atoms with E-state index in [1.165, 1.54) is 244 Å². The van der Waals surface area contributed by atoms with E-state index in [-0.39, 0.29) is 0 Å². The van der Waals surface area contributed by atoms with Crippen molar-refractivity contribution >= 4 is 22.3 Å². The lowest BCUT2D eigenvalue weighted by atomic mass is 9.83. The van der Waals surface area contributed by atoms with Crippen LogP contribution >= 0.6 is 0 Å². The van der Waals surface area contributed by atoms with Crippen molar-refractivity contribution in [1.29, 1.82) is 0 Å². The fourth-order valence-electron chi connectivity index (χ4n) is 14.7. The maximum absolute atomic E-state index is 2.42. The number of nitrogens with zero attached hydrogens (tertiary/aromatic N) is 4. The first-order chi connectivity index (χ1) is 42.7. The largest absolute Gasteiger partial charge is 0.208 e. The van der Waals surface area contributed by atoms with Crippen molar-refractivity contribution in [3.8, 4) is 44.5 Å². The van der Waals surface area contributed by atoms with Gasteiger partial charge < -0.3 is 0 Å². The van der Waals surface area contributed by atoms with Crippen molar-refractivity contribution in [2.24, 2.45) is 34.1 Å². The molecule has 450 valence electrons. The second-order valence-electron chi connectivity index (χ2n) is 27.8. The molecule has 0 unspecified atom stereocenters. The number of aromatic nitrogens is 4. The van der Waals surface area contributed by atoms with Gasteiger partial charge in [0.25, 0.3) is 0 Å². The molecular formula is C84H98N4+4. The van der Waals surface area contributed by atoms with Crippen LogP contribution in [0, 0.1) is 5.92 Å². The van der Waals surface area contributed by atoms with Crippen molar-refractivity contribution in [3.05, 3.63) is 237 Å². The highest BCUT2D eigenvalue weighted by Gasteiger charge is 2.30. The Bertz CT molecular complexity index is 4010. The summed E-state index contributed by atoms with van der Waals surface area (Å²) in [6.45, 7) is 13.5. The van der Waals surface area contributed by atoms with Gasteiger partial charge in [0.15, 0.2) is 24.8 Å². The summed E-state index contributed by atoms with van der Waals surface area (Å²) >= 11 is 0. The van der Waals surface area contributed by atoms with E-state index in [0.717, 1.165) is 18.3 Å². The minimum Gasteiger partial charge on any atom is -0.201 e. The summed E-state index contributed by atoms with van der Waals surface area (Å²) in [5, 5.41) is 0. The Hall–Kier alpha value is -7.56. The van der Waals surface area contributed by atoms with Crippen LogP contribution in [0.2, 0.25) is 0 Å². The lowest BCUT2D eigenvalue weighted by Gasteiger charge is -2.22. The molecule has 15 rings (SSSR count). The molecule has 7 aliphatic carbocycles. The Labute approximate surface area is 528 Å². The first-order valence-corrected chi connectivity index (χ1v) is 33.9. The van der Waals surface area contributed by atoms with Crippen LogP contribution in [-0.2, 0) is 47.5 Å². The third kappa shape index (κ3) is 14.6. The average molecular weight is 1160 g/mol. The van der Waals surface area contributed by atoms with E-state index >= 15 is 0 Å². The summed E-state index contributed by atoms with van der Waals surface area (Å²) in [4.78, 5) is 0. The zero-order valence-electron chi connectivity index (χ0n) is 55.0. The highest BCUT2D eigenvalue weighted by Crippen LogP contribution is 2.42. The first-order valence-electron chi connectivity index (χ1n) is 33.9. The number of aryl methyl sites for hydroxylation is 5. The third-order valence-electron chi connectivity index (χ3n) is 20.3. The van der Waals surface area contributed by atoms with E-state index in [4.69, 9.17) is 0 Å². The Morgan fingerprint density at radius 1 is 0.364 bits per heavy atom. The van der Waals surface area contributed by atoms with Crippen molar-refractivity contribution in [1.82, 2.24) is 0 Å². The standard InChI is InChI=1S/2C22H26N.C20H22N.C20H24N/c1-16-13-21(16)22-12-11-20(15-23(22)2)19-10-6-9-18(14-19)17-7-4-3-5-8-17;1-16-14-21(16)22-13-12-20(15-23(22)2)19-10-8-18(9-11-19)17-6-4-3-5-7-17;1-14-12-19(14)20-11-10-16(13-21(20)2)18-9-5-7-15-6-3-4-8-17(15)18;1-14(2)10-16-6-5-7-17(12-16)18-8-9-20(21(4)13-18)19-11-15(19)3/h6,9-12,14-15,17H,3-5,7-8,13H2,1-2H3;8-13,15,17H,3-7,14H2,1-2H3;5,7,9-11,13H,3-4,6,8,12H2,1-2H3;5-9,12-14H,10-11H2,1-4H3/q4*+1. The van der Waals surface area contributed by atoms with Gasteiger partial charge in [0.1, 0.15) is 28.2 Å². The maximum atomic E-state index is 2.42. The van der Waals surface area contributed by atoms with Gasteiger partial charge in [-0.25, -0.2) is 18.3 Å². The van der Waals surface area contributed by atoms with Crippen molar-refractivity contribution in [2.75, 3.05) is 0 Å². The molecule has 4 heteroatoms. The normalized spacial score (nSPS) is 16.9. The van der Waals surface area contributed by atoms with Crippen LogP contribution in [0.1, 0.15) is 207 Å². The number of fused-ring (bicyclic) bond motifs is 1. The van der Waals surface area contributed by atoms with E-state index in [1.807, 2.05) is 0 Å². The van der Waals surface area contributed by atoms with Gasteiger partial charge in [-0.1, -0.05) is 166 Å². The van der Waals surface area contributed by atoms with Crippen molar-refractivity contribution in [2.45, 2.75) is 175 Å². The second kappa shape index (κ2) is 27.0. The summed E-state index contributed by atoms with van der Waals surface area (Å²) in [5.41, 5.74) is 36.1. The van der Waals surface area contributed by atoms with Gasteiger partial charge in [-0.15, -0.1) is 0 Å². The fraction of sp³-hybridized carbons (Fsp3) is 0.381. The third-order valence-corrected chi connectivity index (χ3v) is 20.3. The van der Waals surface area contributed by atoms with Gasteiger partial charge in [-0.2, -0.15) is 0 Å². The quantitative estimate of drug-likeness (QED) is 0.108. The van der Waals surface area contributed by atoms with Crippen LogP contribution in [0.15, 0.2) is 187 Å². The Morgan fingerprint density at radius 2 is 0.761 bits per heavy atom. The maximum Gasteiger partial charge on any atom is 0.208 e. The van der Waals surface area contributed by atoms with E-state index in [2.05, 4.69) is 252 Å². The lowest BCUT2D eigenvalue weighted by Crippen LogP contribution is -2.32. The van der Waals surface area contributed by atoms with E-state index < -0.39 is 0 Å². The molecule has 88 heavy (non-hydrogen) atoms. The zero-order valence-corrected chi connectivity index (χ0v) is 55.0. The van der Waals surface area contributed by atoms with E-state index in [0.29, 0.717) is 5.92 Å². The fourth-order valence-corrected chi connectivity index (χ4v) is 14.7. The summed E-state index contributed by atoms with van der Waals surface area (Å²) in [6.07, 6.45) is 34.1. The van der Waals surface area contributed by atoms with Crippen LogP contribution in [0.25, 0.3) is 66.8 Å².